The van der Waals surface area contributed by atoms with E-state index in [0.717, 1.165) is 17.9 Å². The standard InChI is InChI=1S/C13H19ClN2OS.ClH/c1-10(13(17)16-9-5-8-15-2)18-12-7-4-3-6-11(12)14;/h3-4,6-7,10,15H,5,8-9H2,1-2H3,(H,16,17);1H. The number of hydrogen-bond acceptors (Lipinski definition) is 3. The Morgan fingerprint density at radius 2 is 2.05 bits per heavy atom. The van der Waals surface area contributed by atoms with Crippen LogP contribution in [0.15, 0.2) is 29.2 Å². The van der Waals surface area contributed by atoms with E-state index in [0.29, 0.717) is 11.6 Å². The van der Waals surface area contributed by atoms with Crippen molar-refractivity contribution in [3.05, 3.63) is 29.3 Å². The van der Waals surface area contributed by atoms with Gasteiger partial charge >= 0.3 is 0 Å². The third-order valence-corrected chi connectivity index (χ3v) is 4.03. The Hall–Kier alpha value is -0.420. The lowest BCUT2D eigenvalue weighted by Gasteiger charge is -2.12. The molecule has 1 amide bonds. The highest BCUT2D eigenvalue weighted by Gasteiger charge is 2.14. The summed E-state index contributed by atoms with van der Waals surface area (Å²) in [5.74, 6) is 0.0519. The van der Waals surface area contributed by atoms with E-state index in [1.165, 1.54) is 11.8 Å². The van der Waals surface area contributed by atoms with E-state index >= 15 is 0 Å². The summed E-state index contributed by atoms with van der Waals surface area (Å²) >= 11 is 7.54. The molecule has 6 heteroatoms. The minimum absolute atomic E-state index is 0. The molecular formula is C13H20Cl2N2OS. The van der Waals surface area contributed by atoms with Crippen LogP contribution in [0.3, 0.4) is 0 Å². The number of rotatable bonds is 7. The molecule has 0 aliphatic rings. The first-order chi connectivity index (χ1) is 8.65. The molecule has 0 radical (unpaired) electrons. The first-order valence-corrected chi connectivity index (χ1v) is 7.24. The Balaban J connectivity index is 0.00000324. The van der Waals surface area contributed by atoms with Crippen LogP contribution in [-0.4, -0.2) is 31.3 Å². The van der Waals surface area contributed by atoms with Gasteiger partial charge in [-0.3, -0.25) is 4.79 Å². The van der Waals surface area contributed by atoms with Gasteiger partial charge in [0.05, 0.1) is 10.3 Å². The monoisotopic (exact) mass is 322 g/mol. The fourth-order valence-electron chi connectivity index (χ4n) is 1.40. The molecule has 2 N–H and O–H groups in total. The Bertz CT molecular complexity index is 391. The predicted molar refractivity (Wildman–Crippen MR) is 85.6 cm³/mol. The zero-order valence-corrected chi connectivity index (χ0v) is 13.5. The summed E-state index contributed by atoms with van der Waals surface area (Å²) in [5.41, 5.74) is 0. The van der Waals surface area contributed by atoms with Gasteiger partial charge in [0.25, 0.3) is 0 Å². The van der Waals surface area contributed by atoms with Crippen molar-refractivity contribution in [1.82, 2.24) is 10.6 Å². The largest absolute Gasteiger partial charge is 0.355 e. The molecule has 3 nitrogen and oxygen atoms in total. The van der Waals surface area contributed by atoms with Crippen LogP contribution in [0.2, 0.25) is 5.02 Å². The van der Waals surface area contributed by atoms with Gasteiger partial charge in [-0.2, -0.15) is 0 Å². The van der Waals surface area contributed by atoms with Crippen LogP contribution in [0.4, 0.5) is 0 Å². The van der Waals surface area contributed by atoms with Crippen LogP contribution in [0.1, 0.15) is 13.3 Å². The first kappa shape index (κ1) is 18.6. The molecule has 0 aliphatic heterocycles. The summed E-state index contributed by atoms with van der Waals surface area (Å²) in [5, 5.41) is 6.51. The summed E-state index contributed by atoms with van der Waals surface area (Å²) in [7, 11) is 1.90. The van der Waals surface area contributed by atoms with Crippen LogP contribution in [0, 0.1) is 0 Å². The molecule has 0 saturated heterocycles. The highest BCUT2D eigenvalue weighted by molar-refractivity contribution is 8.00. The molecule has 0 aromatic heterocycles. The van der Waals surface area contributed by atoms with Gasteiger partial charge in [-0.15, -0.1) is 24.2 Å². The van der Waals surface area contributed by atoms with Gasteiger partial charge in [-0.1, -0.05) is 23.7 Å². The zero-order chi connectivity index (χ0) is 13.4. The zero-order valence-electron chi connectivity index (χ0n) is 11.1. The molecule has 1 atom stereocenters. The molecule has 1 aromatic rings. The fourth-order valence-corrected chi connectivity index (χ4v) is 2.58. The Kier molecular flexibility index (Phi) is 10.1. The van der Waals surface area contributed by atoms with Gasteiger partial charge in [0.1, 0.15) is 0 Å². The molecule has 0 saturated carbocycles. The van der Waals surface area contributed by atoms with Crippen molar-refractivity contribution in [2.45, 2.75) is 23.5 Å². The highest BCUT2D eigenvalue weighted by atomic mass is 35.5. The highest BCUT2D eigenvalue weighted by Crippen LogP contribution is 2.29. The van der Waals surface area contributed by atoms with Crippen LogP contribution in [0.25, 0.3) is 0 Å². The van der Waals surface area contributed by atoms with Crippen molar-refractivity contribution in [3.63, 3.8) is 0 Å². The molecule has 108 valence electrons. The maximum Gasteiger partial charge on any atom is 0.233 e. The van der Waals surface area contributed by atoms with E-state index in [9.17, 15) is 4.79 Å². The van der Waals surface area contributed by atoms with Crippen molar-refractivity contribution >= 4 is 41.7 Å². The second kappa shape index (κ2) is 10.4. The second-order valence-electron chi connectivity index (χ2n) is 3.94. The molecule has 0 fully saturated rings. The van der Waals surface area contributed by atoms with Crippen molar-refractivity contribution in [3.8, 4) is 0 Å². The maximum absolute atomic E-state index is 11.8. The van der Waals surface area contributed by atoms with Gasteiger partial charge in [0.2, 0.25) is 5.91 Å². The molecule has 1 aromatic carbocycles. The molecule has 0 aliphatic carbocycles. The minimum atomic E-state index is -0.139. The van der Waals surface area contributed by atoms with Crippen LogP contribution >= 0.6 is 35.8 Å². The average molecular weight is 323 g/mol. The van der Waals surface area contributed by atoms with Gasteiger partial charge in [-0.25, -0.2) is 0 Å². The third-order valence-electron chi connectivity index (χ3n) is 2.41. The van der Waals surface area contributed by atoms with Crippen molar-refractivity contribution in [2.75, 3.05) is 20.1 Å². The summed E-state index contributed by atoms with van der Waals surface area (Å²) in [4.78, 5) is 12.8. The fraction of sp³-hybridized carbons (Fsp3) is 0.462. The minimum Gasteiger partial charge on any atom is -0.355 e. The molecular weight excluding hydrogens is 303 g/mol. The summed E-state index contributed by atoms with van der Waals surface area (Å²) in [6.07, 6.45) is 0.936. The maximum atomic E-state index is 11.8. The van der Waals surface area contributed by atoms with Crippen LogP contribution in [-0.2, 0) is 4.79 Å². The number of nitrogens with one attached hydrogen (secondary N) is 2. The third kappa shape index (κ3) is 7.06. The van der Waals surface area contributed by atoms with Crippen LogP contribution in [0.5, 0.6) is 0 Å². The predicted octanol–water partition coefficient (Wildman–Crippen LogP) is 2.97. The molecule has 1 unspecified atom stereocenters. The number of benzene rings is 1. The summed E-state index contributed by atoms with van der Waals surface area (Å²) in [6.45, 7) is 3.50. The van der Waals surface area contributed by atoms with Crippen molar-refractivity contribution in [1.29, 1.82) is 0 Å². The topological polar surface area (TPSA) is 41.1 Å². The number of halogens is 2. The SMILES string of the molecule is CNCCCNC(=O)C(C)Sc1ccccc1Cl.Cl. The summed E-state index contributed by atoms with van der Waals surface area (Å²) in [6, 6.07) is 7.57. The van der Waals surface area contributed by atoms with Crippen molar-refractivity contribution < 1.29 is 4.79 Å². The average Bonchev–Trinajstić information content (AvgIpc) is 2.37. The van der Waals surface area contributed by atoms with Gasteiger partial charge in [0.15, 0.2) is 0 Å². The molecule has 0 bridgehead atoms. The van der Waals surface area contributed by atoms with E-state index in [-0.39, 0.29) is 23.6 Å². The number of amides is 1. The lowest BCUT2D eigenvalue weighted by atomic mass is 10.4. The quantitative estimate of drug-likeness (QED) is 0.599. The number of carbonyl (C=O) groups excluding carboxylic acids is 1. The number of thioether (sulfide) groups is 1. The first-order valence-electron chi connectivity index (χ1n) is 5.98. The van der Waals surface area contributed by atoms with Gasteiger partial charge in [-0.05, 0) is 39.1 Å². The summed E-state index contributed by atoms with van der Waals surface area (Å²) < 4.78 is 0. The van der Waals surface area contributed by atoms with E-state index in [2.05, 4.69) is 10.6 Å². The molecule has 0 spiro atoms. The normalized spacial score (nSPS) is 11.5. The number of hydrogen-bond donors (Lipinski definition) is 2. The van der Waals surface area contributed by atoms with E-state index in [1.807, 2.05) is 38.2 Å². The molecule has 19 heavy (non-hydrogen) atoms. The van der Waals surface area contributed by atoms with Crippen molar-refractivity contribution in [2.24, 2.45) is 0 Å². The van der Waals surface area contributed by atoms with E-state index in [4.69, 9.17) is 11.6 Å². The Morgan fingerprint density at radius 3 is 2.68 bits per heavy atom. The number of carbonyl (C=O) groups is 1. The Labute approximate surface area is 130 Å². The van der Waals surface area contributed by atoms with E-state index in [1.54, 1.807) is 0 Å². The molecule has 1 rings (SSSR count). The van der Waals surface area contributed by atoms with Crippen LogP contribution < -0.4 is 10.6 Å². The van der Waals surface area contributed by atoms with Gasteiger partial charge < -0.3 is 10.6 Å². The smallest absolute Gasteiger partial charge is 0.233 e. The second-order valence-corrected chi connectivity index (χ2v) is 5.73. The lowest BCUT2D eigenvalue weighted by molar-refractivity contribution is -0.120. The Morgan fingerprint density at radius 1 is 1.37 bits per heavy atom. The van der Waals surface area contributed by atoms with E-state index < -0.39 is 0 Å². The van der Waals surface area contributed by atoms with Gasteiger partial charge in [0, 0.05) is 11.4 Å². The lowest BCUT2D eigenvalue weighted by Crippen LogP contribution is -2.32. The molecule has 0 heterocycles.